The van der Waals surface area contributed by atoms with E-state index in [9.17, 15) is 31.1 Å². The number of rotatable bonds is 10. The van der Waals surface area contributed by atoms with Crippen LogP contribution in [0.3, 0.4) is 0 Å². The fourth-order valence-electron chi connectivity index (χ4n) is 4.10. The summed E-state index contributed by atoms with van der Waals surface area (Å²) in [4.78, 5) is 12.7. The Morgan fingerprint density at radius 1 is 0.683 bits per heavy atom. The van der Waals surface area contributed by atoms with Crippen LogP contribution in [0.4, 0.5) is 26.3 Å². The van der Waals surface area contributed by atoms with Crippen LogP contribution in [0.25, 0.3) is 6.08 Å². The molecule has 1 aromatic heterocycles. The molecular formula is C31H20F6O4. The van der Waals surface area contributed by atoms with Crippen molar-refractivity contribution < 1.29 is 45.0 Å². The molecule has 41 heavy (non-hydrogen) atoms. The molecule has 0 aliphatic rings. The first-order valence-corrected chi connectivity index (χ1v) is 11.9. The lowest BCUT2D eigenvalue weighted by atomic mass is 9.71. The highest BCUT2D eigenvalue weighted by atomic mass is 19.3. The quantitative estimate of drug-likeness (QED) is 0.0627. The van der Waals surface area contributed by atoms with Crippen molar-refractivity contribution in [3.8, 4) is 11.5 Å². The van der Waals surface area contributed by atoms with E-state index in [1.807, 2.05) is 6.92 Å². The third kappa shape index (κ3) is 6.78. The molecule has 210 valence electrons. The van der Waals surface area contributed by atoms with Crippen LogP contribution in [0, 0.1) is 0 Å². The summed E-state index contributed by atoms with van der Waals surface area (Å²) in [6.07, 6.45) is -0.821. The van der Waals surface area contributed by atoms with Gasteiger partial charge in [0.15, 0.2) is 5.78 Å². The van der Waals surface area contributed by atoms with Crippen molar-refractivity contribution in [2.45, 2.75) is 12.3 Å². The summed E-state index contributed by atoms with van der Waals surface area (Å²) < 4.78 is 90.6. The fraction of sp³-hybridized carbons (Fsp3) is 0.0645. The van der Waals surface area contributed by atoms with Gasteiger partial charge in [-0.1, -0.05) is 48.5 Å². The van der Waals surface area contributed by atoms with Crippen LogP contribution in [-0.2, 0) is 5.41 Å². The maximum Gasteiger partial charge on any atom is 0.344 e. The van der Waals surface area contributed by atoms with Gasteiger partial charge >= 0.3 is 24.2 Å². The number of ether oxygens (including phenoxy) is 2. The maximum atomic E-state index is 13.3. The normalized spacial score (nSPS) is 11.3. The first kappa shape index (κ1) is 29.0. The largest absolute Gasteiger partial charge is 0.465 e. The Kier molecular flexibility index (Phi) is 8.81. The summed E-state index contributed by atoms with van der Waals surface area (Å²) in [5.74, 6) is -0.116. The molecule has 0 saturated heterocycles. The standard InChI is InChI=1S/C31H20F6O4/c1-31(21-8-12-24(13-9-21)40-29(36)27(32)33,22-10-14-25(15-11-22)41-30(37)28(34)35)20-6-4-19(5-7-20)26(38)17-16-23-3-2-18-39-23/h2-18H,1H3. The number of hydrogen-bond donors (Lipinski definition) is 0. The van der Waals surface area contributed by atoms with Crippen molar-refractivity contribution >= 4 is 11.9 Å². The molecule has 0 atom stereocenters. The molecule has 0 aliphatic carbocycles. The minimum absolute atomic E-state index is 0.176. The number of halogens is 6. The second-order valence-corrected chi connectivity index (χ2v) is 8.74. The average Bonchev–Trinajstić information content (AvgIpc) is 3.50. The Bertz CT molecular complexity index is 1510. The van der Waals surface area contributed by atoms with E-state index in [-0.39, 0.29) is 17.3 Å². The van der Waals surface area contributed by atoms with Gasteiger partial charge in [0.2, 0.25) is 0 Å². The molecule has 0 aliphatic heterocycles. The molecule has 0 radical (unpaired) electrons. The monoisotopic (exact) mass is 570 g/mol. The number of hydrogen-bond acceptors (Lipinski definition) is 4. The number of furan rings is 1. The van der Waals surface area contributed by atoms with Crippen LogP contribution in [0.1, 0.15) is 39.7 Å². The number of carbonyl (C=O) groups excluding carboxylic acids is 1. The van der Waals surface area contributed by atoms with Crippen molar-refractivity contribution in [2.75, 3.05) is 0 Å². The van der Waals surface area contributed by atoms with Gasteiger partial charge in [-0.25, -0.2) is 0 Å². The highest BCUT2D eigenvalue weighted by Crippen LogP contribution is 2.40. The maximum absolute atomic E-state index is 13.3. The number of ketones is 1. The highest BCUT2D eigenvalue weighted by Gasteiger charge is 2.31. The molecule has 4 rings (SSSR count). The third-order valence-electron chi connectivity index (χ3n) is 6.26. The summed E-state index contributed by atoms with van der Waals surface area (Å²) in [5, 5.41) is 0. The first-order valence-electron chi connectivity index (χ1n) is 11.9. The molecule has 0 bridgehead atoms. The fourth-order valence-corrected chi connectivity index (χ4v) is 4.10. The molecule has 4 nitrogen and oxygen atoms in total. The Balaban J connectivity index is 1.70. The minimum atomic E-state index is -2.60. The second-order valence-electron chi connectivity index (χ2n) is 8.74. The lowest BCUT2D eigenvalue weighted by molar-refractivity contribution is 0.104. The number of benzene rings is 3. The summed E-state index contributed by atoms with van der Waals surface area (Å²) >= 11 is 0. The molecule has 0 amide bonds. The van der Waals surface area contributed by atoms with Crippen LogP contribution in [0.5, 0.6) is 11.5 Å². The van der Waals surface area contributed by atoms with Crippen LogP contribution >= 0.6 is 0 Å². The van der Waals surface area contributed by atoms with Crippen LogP contribution < -0.4 is 9.47 Å². The van der Waals surface area contributed by atoms with E-state index in [2.05, 4.69) is 9.47 Å². The van der Waals surface area contributed by atoms with E-state index >= 15 is 0 Å². The molecule has 0 saturated carbocycles. The van der Waals surface area contributed by atoms with Crippen molar-refractivity contribution in [1.82, 2.24) is 0 Å². The summed E-state index contributed by atoms with van der Waals surface area (Å²) in [7, 11) is 0. The predicted octanol–water partition coefficient (Wildman–Crippen LogP) is 9.36. The van der Waals surface area contributed by atoms with Gasteiger partial charge in [0, 0.05) is 11.0 Å². The molecule has 4 aromatic rings. The smallest absolute Gasteiger partial charge is 0.344 e. The molecule has 0 spiro atoms. The van der Waals surface area contributed by atoms with Crippen LogP contribution in [0.2, 0.25) is 0 Å². The molecule has 10 heteroatoms. The van der Waals surface area contributed by atoms with Crippen molar-refractivity contribution in [2.24, 2.45) is 0 Å². The Labute approximate surface area is 230 Å². The van der Waals surface area contributed by atoms with Crippen molar-refractivity contribution in [3.63, 3.8) is 0 Å². The van der Waals surface area contributed by atoms with Gasteiger partial charge in [-0.3, -0.25) is 4.79 Å². The SMILES string of the molecule is CC(c1ccc(OC(F)=C(F)F)cc1)(c1ccc(OC(F)=C(F)F)cc1)c1ccc(C(=O)C=Cc2ccco2)cc1. The average molecular weight is 570 g/mol. The molecule has 3 aromatic carbocycles. The van der Waals surface area contributed by atoms with E-state index in [1.54, 1.807) is 36.4 Å². The van der Waals surface area contributed by atoms with E-state index in [4.69, 9.17) is 4.42 Å². The molecule has 0 fully saturated rings. The lowest BCUT2D eigenvalue weighted by Crippen LogP contribution is -2.25. The zero-order valence-corrected chi connectivity index (χ0v) is 21.2. The highest BCUT2D eigenvalue weighted by molar-refractivity contribution is 6.06. The topological polar surface area (TPSA) is 48.7 Å². The van der Waals surface area contributed by atoms with Gasteiger partial charge in [-0.2, -0.15) is 26.3 Å². The van der Waals surface area contributed by atoms with Gasteiger partial charge in [-0.15, -0.1) is 0 Å². The predicted molar refractivity (Wildman–Crippen MR) is 139 cm³/mol. The second kappa shape index (κ2) is 12.5. The van der Waals surface area contributed by atoms with E-state index in [0.29, 0.717) is 28.0 Å². The molecular weight excluding hydrogens is 550 g/mol. The molecule has 0 unspecified atom stereocenters. The summed E-state index contributed by atoms with van der Waals surface area (Å²) in [6, 6.07) is 17.3. The van der Waals surface area contributed by atoms with E-state index < -0.39 is 29.6 Å². The van der Waals surface area contributed by atoms with Gasteiger partial charge in [0.25, 0.3) is 0 Å². The van der Waals surface area contributed by atoms with Crippen molar-refractivity contribution in [3.05, 3.63) is 149 Å². The van der Waals surface area contributed by atoms with E-state index in [1.165, 1.54) is 66.9 Å². The molecule has 0 N–H and O–H groups in total. The van der Waals surface area contributed by atoms with E-state index in [0.717, 1.165) is 0 Å². The Morgan fingerprint density at radius 2 is 1.12 bits per heavy atom. The summed E-state index contributed by atoms with van der Waals surface area (Å²) in [5.41, 5.74) is 1.27. The summed E-state index contributed by atoms with van der Waals surface area (Å²) in [6.45, 7) is 1.82. The third-order valence-corrected chi connectivity index (χ3v) is 6.26. The van der Waals surface area contributed by atoms with Gasteiger partial charge in [0.1, 0.15) is 17.3 Å². The zero-order valence-electron chi connectivity index (χ0n) is 21.2. The zero-order chi connectivity index (χ0) is 29.6. The van der Waals surface area contributed by atoms with Gasteiger partial charge in [0.05, 0.1) is 6.26 Å². The number of carbonyl (C=O) groups is 1. The van der Waals surface area contributed by atoms with Gasteiger partial charge in [-0.05, 0) is 72.2 Å². The first-order chi connectivity index (χ1) is 19.6. The van der Waals surface area contributed by atoms with Gasteiger partial charge < -0.3 is 13.9 Å². The number of allylic oxidation sites excluding steroid dienone is 1. The lowest BCUT2D eigenvalue weighted by Gasteiger charge is -2.32. The van der Waals surface area contributed by atoms with Crippen LogP contribution in [0.15, 0.2) is 126 Å². The Hall–Kier alpha value is -4.99. The minimum Gasteiger partial charge on any atom is -0.465 e. The molecule has 1 heterocycles. The van der Waals surface area contributed by atoms with Crippen LogP contribution in [-0.4, -0.2) is 5.78 Å². The Morgan fingerprint density at radius 3 is 1.51 bits per heavy atom. The van der Waals surface area contributed by atoms with Crippen molar-refractivity contribution in [1.29, 1.82) is 0 Å².